The first kappa shape index (κ1) is 21.2. The van der Waals surface area contributed by atoms with Gasteiger partial charge in [-0.25, -0.2) is 4.99 Å². The van der Waals surface area contributed by atoms with Crippen molar-refractivity contribution in [3.63, 3.8) is 0 Å². The fraction of sp³-hybridized carbons (Fsp3) is 0.0645. The number of fused-ring (bicyclic) bond motifs is 2. The van der Waals surface area contributed by atoms with Gasteiger partial charge in [-0.3, -0.25) is 0 Å². The fourth-order valence-electron chi connectivity index (χ4n) is 5.08. The first-order valence-corrected chi connectivity index (χ1v) is 12.1. The maximum Gasteiger partial charge on any atom is 0.0718 e. The highest BCUT2D eigenvalue weighted by Crippen LogP contribution is 2.51. The third-order valence-electron chi connectivity index (χ3n) is 6.59. The van der Waals surface area contributed by atoms with Crippen molar-refractivity contribution in [2.45, 2.75) is 12.3 Å². The van der Waals surface area contributed by atoms with Crippen LogP contribution in [0.5, 0.6) is 0 Å². The van der Waals surface area contributed by atoms with Crippen LogP contribution < -0.4 is 0 Å². The summed E-state index contributed by atoms with van der Waals surface area (Å²) in [6.07, 6.45) is 5.44. The molecule has 3 heteroatoms. The van der Waals surface area contributed by atoms with Crippen molar-refractivity contribution in [2.24, 2.45) is 4.99 Å². The predicted molar refractivity (Wildman–Crippen MR) is 144 cm³/mol. The minimum Gasteiger partial charge on any atom is -0.248 e. The highest BCUT2D eigenvalue weighted by Gasteiger charge is 2.34. The van der Waals surface area contributed by atoms with Crippen LogP contribution in [0.4, 0.5) is 5.69 Å². The molecule has 0 saturated heterocycles. The number of hydrogen-bond acceptors (Lipinski definition) is 1. The van der Waals surface area contributed by atoms with Crippen molar-refractivity contribution in [3.8, 4) is 0 Å². The van der Waals surface area contributed by atoms with Gasteiger partial charge < -0.3 is 0 Å². The minimum atomic E-state index is -0.102. The molecule has 2 aliphatic rings. The van der Waals surface area contributed by atoms with Crippen LogP contribution in [-0.4, -0.2) is 5.71 Å². The van der Waals surface area contributed by atoms with Gasteiger partial charge in [0.2, 0.25) is 0 Å². The van der Waals surface area contributed by atoms with E-state index in [1.807, 2.05) is 48.5 Å². The molecule has 164 valence electrons. The van der Waals surface area contributed by atoms with Gasteiger partial charge in [-0.05, 0) is 64.6 Å². The minimum absolute atomic E-state index is 0.102. The molecule has 1 nitrogen and oxygen atoms in total. The van der Waals surface area contributed by atoms with Crippen LogP contribution in [-0.2, 0) is 6.42 Å². The molecule has 0 saturated carbocycles. The second-order valence-corrected chi connectivity index (χ2v) is 9.38. The average molecular weight is 478 g/mol. The maximum absolute atomic E-state index is 6.83. The van der Waals surface area contributed by atoms with Gasteiger partial charge in [-0.2, -0.15) is 0 Å². The zero-order valence-electron chi connectivity index (χ0n) is 18.4. The molecule has 0 aromatic heterocycles. The number of aliphatic imine (C=N–C) groups is 1. The van der Waals surface area contributed by atoms with E-state index in [9.17, 15) is 0 Å². The lowest BCUT2D eigenvalue weighted by atomic mass is 9.80. The number of allylic oxidation sites excluding steroid dienone is 4. The van der Waals surface area contributed by atoms with Gasteiger partial charge in [0, 0.05) is 27.1 Å². The maximum atomic E-state index is 6.83. The molecule has 2 aliphatic carbocycles. The van der Waals surface area contributed by atoms with E-state index in [1.54, 1.807) is 0 Å². The second kappa shape index (κ2) is 8.76. The summed E-state index contributed by atoms with van der Waals surface area (Å²) in [5.41, 5.74) is 10.1. The highest BCUT2D eigenvalue weighted by atomic mass is 35.5. The van der Waals surface area contributed by atoms with Crippen LogP contribution >= 0.6 is 23.2 Å². The molecule has 0 spiro atoms. The molecule has 1 atom stereocenters. The fourth-order valence-corrected chi connectivity index (χ4v) is 5.70. The average Bonchev–Trinajstić information content (AvgIpc) is 3.44. The van der Waals surface area contributed by atoms with Gasteiger partial charge >= 0.3 is 0 Å². The quantitative estimate of drug-likeness (QED) is 0.278. The number of nitrogens with zero attached hydrogens (tertiary/aromatic N) is 1. The first-order valence-electron chi connectivity index (χ1n) is 11.4. The molecule has 0 aliphatic heterocycles. The molecule has 0 N–H and O–H groups in total. The summed E-state index contributed by atoms with van der Waals surface area (Å²) in [6.45, 7) is 0. The summed E-state index contributed by atoms with van der Waals surface area (Å²) in [7, 11) is 0. The summed E-state index contributed by atoms with van der Waals surface area (Å²) in [6, 6.07) is 32.9. The largest absolute Gasteiger partial charge is 0.248 e. The van der Waals surface area contributed by atoms with E-state index in [4.69, 9.17) is 28.2 Å². The smallest absolute Gasteiger partial charge is 0.0718 e. The Bertz CT molecular complexity index is 1470. The second-order valence-electron chi connectivity index (χ2n) is 8.57. The van der Waals surface area contributed by atoms with E-state index in [0.717, 1.165) is 28.9 Å². The lowest BCUT2D eigenvalue weighted by molar-refractivity contribution is 1.13. The third-order valence-corrected chi connectivity index (χ3v) is 7.25. The van der Waals surface area contributed by atoms with Crippen molar-refractivity contribution >= 4 is 45.7 Å². The normalized spacial score (nSPS) is 16.1. The topological polar surface area (TPSA) is 12.4 Å². The Morgan fingerprint density at radius 3 is 2.03 bits per heavy atom. The number of hydrogen-bond donors (Lipinski definition) is 0. The Hall–Kier alpha value is -3.39. The van der Waals surface area contributed by atoms with Gasteiger partial charge in [0.05, 0.1) is 11.4 Å². The van der Waals surface area contributed by atoms with Crippen molar-refractivity contribution in [1.82, 2.24) is 0 Å². The Morgan fingerprint density at radius 1 is 0.618 bits per heavy atom. The Morgan fingerprint density at radius 2 is 1.26 bits per heavy atom. The molecule has 0 heterocycles. The van der Waals surface area contributed by atoms with Crippen LogP contribution in [0.1, 0.15) is 33.7 Å². The molecule has 0 fully saturated rings. The summed E-state index contributed by atoms with van der Waals surface area (Å²) >= 11 is 13.7. The van der Waals surface area contributed by atoms with Gasteiger partial charge in [-0.1, -0.05) is 102 Å². The van der Waals surface area contributed by atoms with Crippen LogP contribution in [0.3, 0.4) is 0 Å². The highest BCUT2D eigenvalue weighted by molar-refractivity contribution is 6.37. The lowest BCUT2D eigenvalue weighted by Crippen LogP contribution is -2.06. The zero-order valence-corrected chi connectivity index (χ0v) is 19.9. The molecular weight excluding hydrogens is 457 g/mol. The van der Waals surface area contributed by atoms with Crippen LogP contribution in [0, 0.1) is 0 Å². The monoisotopic (exact) mass is 477 g/mol. The Labute approximate surface area is 209 Å². The van der Waals surface area contributed by atoms with E-state index in [-0.39, 0.29) is 5.92 Å². The van der Waals surface area contributed by atoms with E-state index in [1.165, 1.54) is 27.8 Å². The van der Waals surface area contributed by atoms with Gasteiger partial charge in [0.25, 0.3) is 0 Å². The summed E-state index contributed by atoms with van der Waals surface area (Å²) < 4.78 is 0. The predicted octanol–water partition coefficient (Wildman–Crippen LogP) is 8.93. The summed E-state index contributed by atoms with van der Waals surface area (Å²) in [4.78, 5) is 5.00. The zero-order chi connectivity index (χ0) is 23.1. The molecule has 0 bridgehead atoms. The Balaban J connectivity index is 1.59. The van der Waals surface area contributed by atoms with Crippen molar-refractivity contribution in [3.05, 3.63) is 147 Å². The van der Waals surface area contributed by atoms with Crippen LogP contribution in [0.2, 0.25) is 10.0 Å². The first-order chi connectivity index (χ1) is 16.7. The van der Waals surface area contributed by atoms with Crippen molar-refractivity contribution < 1.29 is 0 Å². The van der Waals surface area contributed by atoms with Crippen molar-refractivity contribution in [2.75, 3.05) is 0 Å². The number of para-hydroxylation sites is 1. The van der Waals surface area contributed by atoms with Gasteiger partial charge in [-0.15, -0.1) is 0 Å². The molecule has 1 unspecified atom stereocenters. The summed E-state index contributed by atoms with van der Waals surface area (Å²) in [5.74, 6) is -0.102. The SMILES string of the molecule is Clc1cccc(Cl)c1C(C1=CCc2ccccc21)C1=CC(=Nc2ccccc2)c2ccccc21. The molecular formula is C31H21Cl2N. The van der Waals surface area contributed by atoms with Crippen LogP contribution in [0.15, 0.2) is 114 Å². The lowest BCUT2D eigenvalue weighted by Gasteiger charge is -2.25. The number of halogens is 2. The van der Waals surface area contributed by atoms with Crippen LogP contribution in [0.25, 0.3) is 11.1 Å². The molecule has 0 radical (unpaired) electrons. The number of benzene rings is 4. The van der Waals surface area contributed by atoms with E-state index in [2.05, 4.69) is 60.7 Å². The van der Waals surface area contributed by atoms with E-state index < -0.39 is 0 Å². The number of rotatable bonds is 4. The molecule has 0 amide bonds. The Kier molecular flexibility index (Phi) is 5.45. The van der Waals surface area contributed by atoms with E-state index in [0.29, 0.717) is 10.0 Å². The molecule has 6 rings (SSSR count). The van der Waals surface area contributed by atoms with Gasteiger partial charge in [0.15, 0.2) is 0 Å². The molecule has 34 heavy (non-hydrogen) atoms. The van der Waals surface area contributed by atoms with Gasteiger partial charge in [0.1, 0.15) is 0 Å². The third kappa shape index (κ3) is 3.62. The molecule has 4 aromatic carbocycles. The standard InChI is InChI=1S/C31H21Cl2N/c32-27-15-8-16-28(33)31(27)30(25-18-17-20-9-4-5-12-22(20)25)26-19-29(24-14-7-6-13-23(24)26)34-21-10-2-1-3-11-21/h1-16,18-19,30H,17H2. The van der Waals surface area contributed by atoms with Crippen molar-refractivity contribution in [1.29, 1.82) is 0 Å². The summed E-state index contributed by atoms with van der Waals surface area (Å²) in [5, 5.41) is 1.35. The van der Waals surface area contributed by atoms with E-state index >= 15 is 0 Å². The molecule has 4 aromatic rings.